The molecule has 1 aromatic carbocycles. The fourth-order valence-electron chi connectivity index (χ4n) is 4.13. The molecule has 3 unspecified atom stereocenters. The normalized spacial score (nSPS) is 25.4. The molecular weight excluding hydrogens is 385 g/mol. The van der Waals surface area contributed by atoms with Crippen molar-refractivity contribution in [2.75, 3.05) is 19.6 Å². The van der Waals surface area contributed by atoms with Crippen molar-refractivity contribution in [2.45, 2.75) is 44.6 Å². The fourth-order valence-corrected chi connectivity index (χ4v) is 4.26. The third kappa shape index (κ3) is 5.59. The number of hydrogen-bond acceptors (Lipinski definition) is 3. The number of benzene rings is 1. The predicted octanol–water partition coefficient (Wildman–Crippen LogP) is 3.25. The number of halogens is 2. The first-order chi connectivity index (χ1) is 12.6. The van der Waals surface area contributed by atoms with E-state index in [0.717, 1.165) is 32.1 Å². The van der Waals surface area contributed by atoms with Crippen molar-refractivity contribution in [3.8, 4) is 0 Å². The van der Waals surface area contributed by atoms with E-state index in [1.165, 1.54) is 6.42 Å². The first kappa shape index (κ1) is 22.0. The van der Waals surface area contributed by atoms with Gasteiger partial charge in [0.15, 0.2) is 0 Å². The quantitative estimate of drug-likeness (QED) is 0.794. The Kier molecular flexibility index (Phi) is 8.39. The van der Waals surface area contributed by atoms with E-state index in [-0.39, 0.29) is 36.2 Å². The molecule has 3 N–H and O–H groups in total. The topological polar surface area (TPSA) is 75.4 Å². The summed E-state index contributed by atoms with van der Waals surface area (Å²) in [5.41, 5.74) is 6.49. The summed E-state index contributed by atoms with van der Waals surface area (Å²) in [7, 11) is 0. The first-order valence-electron chi connectivity index (χ1n) is 9.63. The van der Waals surface area contributed by atoms with Crippen LogP contribution in [-0.2, 0) is 4.79 Å². The zero-order chi connectivity index (χ0) is 18.5. The molecule has 1 heterocycles. The van der Waals surface area contributed by atoms with Crippen molar-refractivity contribution < 1.29 is 9.59 Å². The third-order valence-electron chi connectivity index (χ3n) is 5.71. The van der Waals surface area contributed by atoms with Gasteiger partial charge in [0.1, 0.15) is 0 Å². The van der Waals surface area contributed by atoms with Gasteiger partial charge in [-0.1, -0.05) is 24.4 Å². The van der Waals surface area contributed by atoms with Crippen LogP contribution in [0.5, 0.6) is 0 Å². The maximum absolute atomic E-state index is 12.8. The molecule has 3 rings (SSSR count). The van der Waals surface area contributed by atoms with Crippen molar-refractivity contribution in [1.82, 2.24) is 10.2 Å². The largest absolute Gasteiger partial charge is 0.353 e. The van der Waals surface area contributed by atoms with Gasteiger partial charge in [-0.15, -0.1) is 12.4 Å². The molecule has 3 atom stereocenters. The lowest BCUT2D eigenvalue weighted by Gasteiger charge is -2.35. The van der Waals surface area contributed by atoms with Crippen LogP contribution in [0.25, 0.3) is 0 Å². The second kappa shape index (κ2) is 10.3. The summed E-state index contributed by atoms with van der Waals surface area (Å²) >= 11 is 5.90. The van der Waals surface area contributed by atoms with Crippen LogP contribution in [0.2, 0.25) is 5.02 Å². The van der Waals surface area contributed by atoms with Crippen molar-refractivity contribution in [3.63, 3.8) is 0 Å². The molecule has 27 heavy (non-hydrogen) atoms. The van der Waals surface area contributed by atoms with Gasteiger partial charge in [-0.05, 0) is 62.4 Å². The summed E-state index contributed by atoms with van der Waals surface area (Å²) in [5.74, 6) is 0.282. The Morgan fingerprint density at radius 3 is 2.52 bits per heavy atom. The molecule has 150 valence electrons. The number of rotatable bonds is 4. The van der Waals surface area contributed by atoms with E-state index in [9.17, 15) is 9.59 Å². The van der Waals surface area contributed by atoms with E-state index in [1.54, 1.807) is 29.2 Å². The van der Waals surface area contributed by atoms with Gasteiger partial charge in [0.05, 0.1) is 5.92 Å². The molecule has 7 heteroatoms. The monoisotopic (exact) mass is 413 g/mol. The lowest BCUT2D eigenvalue weighted by atomic mass is 9.84. The molecular formula is C20H29Cl2N3O2. The van der Waals surface area contributed by atoms with Gasteiger partial charge in [0, 0.05) is 29.7 Å². The average Bonchev–Trinajstić information content (AvgIpc) is 2.68. The molecule has 0 bridgehead atoms. The Hall–Kier alpha value is -1.30. The van der Waals surface area contributed by atoms with E-state index >= 15 is 0 Å². The number of carbonyl (C=O) groups is 2. The van der Waals surface area contributed by atoms with Gasteiger partial charge in [0.2, 0.25) is 5.91 Å². The summed E-state index contributed by atoms with van der Waals surface area (Å²) in [6.45, 7) is 1.80. The fraction of sp³-hybridized carbons (Fsp3) is 0.600. The lowest BCUT2D eigenvalue weighted by molar-refractivity contribution is -0.127. The number of nitrogens with one attached hydrogen (secondary N) is 1. The summed E-state index contributed by atoms with van der Waals surface area (Å²) in [6, 6.07) is 7.10. The standard InChI is InChI=1S/C20H28ClN3O2.ClH/c21-17-9-7-14(8-10-17)20(26)24-11-3-5-16(13-24)19(25)23-18-6-2-1-4-15(18)12-22;/h7-10,15-16,18H,1-6,11-13,22H2,(H,23,25);1H. The van der Waals surface area contributed by atoms with Crippen molar-refractivity contribution in [1.29, 1.82) is 0 Å². The minimum absolute atomic E-state index is 0. The molecule has 0 aromatic heterocycles. The third-order valence-corrected chi connectivity index (χ3v) is 5.96. The van der Waals surface area contributed by atoms with Crippen molar-refractivity contribution >= 4 is 35.8 Å². The molecule has 1 aliphatic heterocycles. The molecule has 5 nitrogen and oxygen atoms in total. The second-order valence-corrected chi connectivity index (χ2v) is 7.93. The van der Waals surface area contributed by atoms with Crippen LogP contribution in [0.1, 0.15) is 48.9 Å². The van der Waals surface area contributed by atoms with E-state index in [4.69, 9.17) is 17.3 Å². The summed E-state index contributed by atoms with van der Waals surface area (Å²) in [5, 5.41) is 3.83. The lowest BCUT2D eigenvalue weighted by Crippen LogP contribution is -2.50. The molecule has 1 aromatic rings. The van der Waals surface area contributed by atoms with Gasteiger partial charge >= 0.3 is 0 Å². The zero-order valence-corrected chi connectivity index (χ0v) is 17.1. The van der Waals surface area contributed by atoms with Crippen LogP contribution in [0, 0.1) is 11.8 Å². The minimum Gasteiger partial charge on any atom is -0.353 e. The number of nitrogens with zero attached hydrogens (tertiary/aromatic N) is 1. The van der Waals surface area contributed by atoms with Crippen LogP contribution in [0.3, 0.4) is 0 Å². The molecule has 1 saturated heterocycles. The zero-order valence-electron chi connectivity index (χ0n) is 15.5. The van der Waals surface area contributed by atoms with Crippen LogP contribution < -0.4 is 11.1 Å². The molecule has 2 aliphatic rings. The number of amides is 2. The SMILES string of the molecule is Cl.NCC1CCCCC1NC(=O)C1CCCN(C(=O)c2ccc(Cl)cc2)C1. The molecule has 1 aliphatic carbocycles. The Morgan fingerprint density at radius 1 is 1.11 bits per heavy atom. The average molecular weight is 414 g/mol. The highest BCUT2D eigenvalue weighted by Gasteiger charge is 2.32. The van der Waals surface area contributed by atoms with Gasteiger partial charge < -0.3 is 16.0 Å². The van der Waals surface area contributed by atoms with Gasteiger partial charge in [0.25, 0.3) is 5.91 Å². The second-order valence-electron chi connectivity index (χ2n) is 7.49. The predicted molar refractivity (Wildman–Crippen MR) is 110 cm³/mol. The molecule has 2 fully saturated rings. The summed E-state index contributed by atoms with van der Waals surface area (Å²) < 4.78 is 0. The Balaban J connectivity index is 0.00000261. The summed E-state index contributed by atoms with van der Waals surface area (Å²) in [6.07, 6.45) is 6.12. The van der Waals surface area contributed by atoms with E-state index < -0.39 is 0 Å². The van der Waals surface area contributed by atoms with Crippen molar-refractivity contribution in [2.24, 2.45) is 17.6 Å². The van der Waals surface area contributed by atoms with E-state index in [2.05, 4.69) is 5.32 Å². The van der Waals surface area contributed by atoms with Gasteiger partial charge in [-0.2, -0.15) is 0 Å². The molecule has 0 spiro atoms. The summed E-state index contributed by atoms with van der Waals surface area (Å²) in [4.78, 5) is 27.3. The number of carbonyl (C=O) groups excluding carboxylic acids is 2. The number of piperidine rings is 1. The minimum atomic E-state index is -0.139. The van der Waals surface area contributed by atoms with E-state index in [1.807, 2.05) is 0 Å². The Bertz CT molecular complexity index is 639. The van der Waals surface area contributed by atoms with Crippen LogP contribution >= 0.6 is 24.0 Å². The molecule has 0 radical (unpaired) electrons. The molecule has 2 amide bonds. The van der Waals surface area contributed by atoms with Crippen LogP contribution in [0.15, 0.2) is 24.3 Å². The van der Waals surface area contributed by atoms with E-state index in [0.29, 0.717) is 36.1 Å². The smallest absolute Gasteiger partial charge is 0.253 e. The van der Waals surface area contributed by atoms with Gasteiger partial charge in [-0.3, -0.25) is 9.59 Å². The number of likely N-dealkylation sites (tertiary alicyclic amines) is 1. The van der Waals surface area contributed by atoms with Crippen LogP contribution in [0.4, 0.5) is 0 Å². The Labute approximate surface area is 172 Å². The molecule has 1 saturated carbocycles. The van der Waals surface area contributed by atoms with Crippen molar-refractivity contribution in [3.05, 3.63) is 34.9 Å². The highest BCUT2D eigenvalue weighted by Crippen LogP contribution is 2.25. The van der Waals surface area contributed by atoms with Gasteiger partial charge in [-0.25, -0.2) is 0 Å². The maximum atomic E-state index is 12.8. The number of hydrogen-bond donors (Lipinski definition) is 2. The highest BCUT2D eigenvalue weighted by molar-refractivity contribution is 6.30. The Morgan fingerprint density at radius 2 is 1.81 bits per heavy atom. The highest BCUT2D eigenvalue weighted by atomic mass is 35.5. The number of nitrogens with two attached hydrogens (primary N) is 1. The first-order valence-corrected chi connectivity index (χ1v) is 10.0. The maximum Gasteiger partial charge on any atom is 0.253 e. The van der Waals surface area contributed by atoms with Crippen LogP contribution in [-0.4, -0.2) is 42.4 Å².